The van der Waals surface area contributed by atoms with Crippen molar-refractivity contribution in [3.8, 4) is 0 Å². The predicted octanol–water partition coefficient (Wildman–Crippen LogP) is 2.84. The fourth-order valence-corrected chi connectivity index (χ4v) is 3.39. The topological polar surface area (TPSA) is 87.2 Å². The largest absolute Gasteiger partial charge is 0.370 e. The third-order valence-electron chi connectivity index (χ3n) is 3.90. The van der Waals surface area contributed by atoms with Gasteiger partial charge in [0, 0.05) is 5.92 Å². The van der Waals surface area contributed by atoms with Crippen LogP contribution in [0.1, 0.15) is 38.6 Å². The monoisotopic (exact) mass is 359 g/mol. The van der Waals surface area contributed by atoms with Crippen LogP contribution in [0.5, 0.6) is 0 Å². The molecule has 0 radical (unpaired) electrons. The molecule has 0 spiro atoms. The number of nitrogens with zero attached hydrogens (tertiary/aromatic N) is 3. The van der Waals surface area contributed by atoms with Gasteiger partial charge in [0.15, 0.2) is 0 Å². The molecule has 3 rings (SSSR count). The number of amides is 2. The molecule has 2 amide bonds. The van der Waals surface area contributed by atoms with Crippen molar-refractivity contribution in [2.75, 3.05) is 22.1 Å². The predicted molar refractivity (Wildman–Crippen MR) is 99.1 cm³/mol. The Balaban J connectivity index is 1.78. The molecule has 0 aliphatic carbocycles. The van der Waals surface area contributed by atoms with E-state index in [-0.39, 0.29) is 24.3 Å². The zero-order valence-corrected chi connectivity index (χ0v) is 15.5. The molecule has 8 heteroatoms. The van der Waals surface area contributed by atoms with Gasteiger partial charge in [-0.05, 0) is 26.0 Å². The Morgan fingerprint density at radius 3 is 2.72 bits per heavy atom. The fourth-order valence-electron chi connectivity index (χ4n) is 2.63. The van der Waals surface area contributed by atoms with Gasteiger partial charge < -0.3 is 5.32 Å². The summed E-state index contributed by atoms with van der Waals surface area (Å²) in [7, 11) is 0. The number of carbonyl (C=O) groups is 2. The Bertz CT molecular complexity index is 815. The Labute approximate surface area is 150 Å². The van der Waals surface area contributed by atoms with Gasteiger partial charge in [0.25, 0.3) is 5.91 Å². The van der Waals surface area contributed by atoms with E-state index in [9.17, 15) is 9.59 Å². The number of aromatic nitrogens is 2. The first kappa shape index (κ1) is 17.3. The first-order chi connectivity index (χ1) is 11.8. The van der Waals surface area contributed by atoms with E-state index in [0.29, 0.717) is 10.8 Å². The summed E-state index contributed by atoms with van der Waals surface area (Å²) in [4.78, 5) is 26.7. The summed E-state index contributed by atoms with van der Waals surface area (Å²) >= 11 is 1.35. The summed E-state index contributed by atoms with van der Waals surface area (Å²) in [6.45, 7) is 7.57. The third-order valence-corrected chi connectivity index (χ3v) is 5.04. The van der Waals surface area contributed by atoms with Crippen molar-refractivity contribution >= 4 is 39.7 Å². The molecule has 0 unspecified atom stereocenters. The van der Waals surface area contributed by atoms with E-state index in [1.54, 1.807) is 13.8 Å². The van der Waals surface area contributed by atoms with Crippen LogP contribution in [-0.4, -0.2) is 34.1 Å². The number of hydrogen-bond acceptors (Lipinski definition) is 6. The second-order valence-corrected chi connectivity index (χ2v) is 7.82. The number of carbonyl (C=O) groups excluding carboxylic acids is 2. The molecule has 0 bridgehead atoms. The minimum Gasteiger partial charge on any atom is -0.370 e. The molecular formula is C17H21N5O2S. The van der Waals surface area contributed by atoms with Crippen LogP contribution in [-0.2, 0) is 9.59 Å². The molecule has 0 saturated carbocycles. The van der Waals surface area contributed by atoms with E-state index >= 15 is 0 Å². The van der Waals surface area contributed by atoms with Crippen molar-refractivity contribution < 1.29 is 9.59 Å². The highest BCUT2D eigenvalue weighted by Gasteiger charge is 2.39. The van der Waals surface area contributed by atoms with Crippen molar-refractivity contribution in [3.05, 3.63) is 29.3 Å². The summed E-state index contributed by atoms with van der Waals surface area (Å²) < 4.78 is 0. The number of rotatable bonds is 4. The highest BCUT2D eigenvalue weighted by Crippen LogP contribution is 2.34. The van der Waals surface area contributed by atoms with Crippen molar-refractivity contribution in [1.82, 2.24) is 10.2 Å². The van der Waals surface area contributed by atoms with Crippen LogP contribution in [0.25, 0.3) is 0 Å². The first-order valence-corrected chi connectivity index (χ1v) is 8.92. The lowest BCUT2D eigenvalue weighted by Crippen LogP contribution is -2.55. The number of hydrogen-bond donors (Lipinski definition) is 2. The number of para-hydroxylation sites is 2. The van der Waals surface area contributed by atoms with Gasteiger partial charge in [0.1, 0.15) is 17.1 Å². The zero-order chi connectivity index (χ0) is 18.2. The Kier molecular flexibility index (Phi) is 4.47. The maximum atomic E-state index is 12.7. The average Bonchev–Trinajstić information content (AvgIpc) is 3.00. The number of fused-ring (bicyclic) bond motifs is 1. The molecule has 2 heterocycles. The van der Waals surface area contributed by atoms with Crippen molar-refractivity contribution in [1.29, 1.82) is 0 Å². The van der Waals surface area contributed by atoms with Gasteiger partial charge in [-0.2, -0.15) is 0 Å². The van der Waals surface area contributed by atoms with Crippen LogP contribution < -0.4 is 15.5 Å². The van der Waals surface area contributed by atoms with E-state index in [2.05, 4.69) is 20.8 Å². The van der Waals surface area contributed by atoms with Crippen LogP contribution >= 0.6 is 11.3 Å². The highest BCUT2D eigenvalue weighted by molar-refractivity contribution is 7.15. The van der Waals surface area contributed by atoms with Crippen LogP contribution in [0.3, 0.4) is 0 Å². The zero-order valence-electron chi connectivity index (χ0n) is 14.7. The van der Waals surface area contributed by atoms with E-state index in [1.165, 1.54) is 16.2 Å². The maximum Gasteiger partial charge on any atom is 0.252 e. The van der Waals surface area contributed by atoms with Gasteiger partial charge in [-0.1, -0.05) is 37.3 Å². The summed E-state index contributed by atoms with van der Waals surface area (Å²) in [5.41, 5.74) is 0.752. The molecule has 1 aromatic carbocycles. The lowest BCUT2D eigenvalue weighted by Gasteiger charge is -2.39. The lowest BCUT2D eigenvalue weighted by atomic mass is 9.98. The fraction of sp³-hybridized carbons (Fsp3) is 0.412. The van der Waals surface area contributed by atoms with Crippen LogP contribution in [0, 0.1) is 0 Å². The molecule has 0 atom stereocenters. The molecule has 2 aromatic rings. The molecule has 1 aliphatic heterocycles. The van der Waals surface area contributed by atoms with Crippen molar-refractivity contribution in [2.24, 2.45) is 0 Å². The Morgan fingerprint density at radius 2 is 2.04 bits per heavy atom. The average molecular weight is 359 g/mol. The SMILES string of the molecule is CC(C)c1nnc(NC(=O)CN2C(=O)C(C)(C)Nc3ccccc32)s1. The molecule has 0 fully saturated rings. The summed E-state index contributed by atoms with van der Waals surface area (Å²) in [6.07, 6.45) is 0. The number of nitrogens with one attached hydrogen (secondary N) is 2. The van der Waals surface area contributed by atoms with Gasteiger partial charge in [-0.25, -0.2) is 0 Å². The second kappa shape index (κ2) is 6.44. The molecular weight excluding hydrogens is 338 g/mol. The van der Waals surface area contributed by atoms with Crippen LogP contribution in [0.2, 0.25) is 0 Å². The Hall–Kier alpha value is -2.48. The standard InChI is InChI=1S/C17H21N5O2S/c1-10(2)14-20-21-16(25-14)18-13(23)9-22-12-8-6-5-7-11(12)19-17(3,4)15(22)24/h5-8,10,19H,9H2,1-4H3,(H,18,21,23). The van der Waals surface area contributed by atoms with Crippen LogP contribution in [0.15, 0.2) is 24.3 Å². The first-order valence-electron chi connectivity index (χ1n) is 8.10. The van der Waals surface area contributed by atoms with E-state index < -0.39 is 5.54 Å². The van der Waals surface area contributed by atoms with E-state index in [1.807, 2.05) is 38.1 Å². The smallest absolute Gasteiger partial charge is 0.252 e. The molecule has 7 nitrogen and oxygen atoms in total. The normalized spacial score (nSPS) is 15.7. The minimum absolute atomic E-state index is 0.0719. The van der Waals surface area contributed by atoms with E-state index in [4.69, 9.17) is 0 Å². The second-order valence-electron chi connectivity index (χ2n) is 6.81. The van der Waals surface area contributed by atoms with Gasteiger partial charge in [0.2, 0.25) is 11.0 Å². The van der Waals surface area contributed by atoms with Crippen LogP contribution in [0.4, 0.5) is 16.5 Å². The summed E-state index contributed by atoms with van der Waals surface area (Å²) in [6, 6.07) is 7.46. The lowest BCUT2D eigenvalue weighted by molar-refractivity contribution is -0.124. The Morgan fingerprint density at radius 1 is 1.32 bits per heavy atom. The molecule has 25 heavy (non-hydrogen) atoms. The highest BCUT2D eigenvalue weighted by atomic mass is 32.1. The van der Waals surface area contributed by atoms with Gasteiger partial charge in [-0.3, -0.25) is 19.8 Å². The molecule has 1 aliphatic rings. The third kappa shape index (κ3) is 3.48. The minimum atomic E-state index is -0.776. The van der Waals surface area contributed by atoms with Gasteiger partial charge >= 0.3 is 0 Å². The summed E-state index contributed by atoms with van der Waals surface area (Å²) in [5, 5.41) is 15.3. The molecule has 1 aromatic heterocycles. The molecule has 132 valence electrons. The van der Waals surface area contributed by atoms with Gasteiger partial charge in [-0.15, -0.1) is 10.2 Å². The molecule has 0 saturated heterocycles. The summed E-state index contributed by atoms with van der Waals surface area (Å²) in [5.74, 6) is -0.195. The van der Waals surface area contributed by atoms with E-state index in [0.717, 1.165) is 10.7 Å². The number of benzene rings is 1. The van der Waals surface area contributed by atoms with Crippen molar-refractivity contribution in [2.45, 2.75) is 39.2 Å². The quantitative estimate of drug-likeness (QED) is 0.876. The van der Waals surface area contributed by atoms with Crippen molar-refractivity contribution in [3.63, 3.8) is 0 Å². The maximum absolute atomic E-state index is 12.7. The molecule has 2 N–H and O–H groups in total. The number of anilines is 3. The van der Waals surface area contributed by atoms with Gasteiger partial charge in [0.05, 0.1) is 11.4 Å².